The number of fused-ring (bicyclic) bond motifs is 9. The molecule has 0 unspecified atom stereocenters. The van der Waals surface area contributed by atoms with Crippen molar-refractivity contribution in [3.8, 4) is 44.6 Å². The van der Waals surface area contributed by atoms with Gasteiger partial charge >= 0.3 is 0 Å². The van der Waals surface area contributed by atoms with Gasteiger partial charge in [0.1, 0.15) is 22.3 Å². The minimum Gasteiger partial charge on any atom is -0.456 e. The molecule has 0 aliphatic carbocycles. The molecule has 0 spiro atoms. The maximum atomic E-state index is 6.58. The van der Waals surface area contributed by atoms with Crippen LogP contribution >= 0.6 is 0 Å². The fourth-order valence-electron chi connectivity index (χ4n) is 8.11. The Labute approximate surface area is 299 Å². The second-order valence-electron chi connectivity index (χ2n) is 13.4. The highest BCUT2D eigenvalue weighted by Gasteiger charge is 2.21. The van der Waals surface area contributed by atoms with Crippen LogP contribution in [0.4, 0.5) is 0 Å². The van der Waals surface area contributed by atoms with Gasteiger partial charge in [0.15, 0.2) is 0 Å². The van der Waals surface area contributed by atoms with E-state index in [1.54, 1.807) is 0 Å². The first-order chi connectivity index (χ1) is 25.8. The minimum absolute atomic E-state index is 0.859. The molecule has 0 saturated heterocycles. The lowest BCUT2D eigenvalue weighted by atomic mass is 9.89. The molecule has 0 aliphatic heterocycles. The third-order valence-electron chi connectivity index (χ3n) is 10.5. The topological polar surface area (TPSA) is 39.2 Å². The van der Waals surface area contributed by atoms with Crippen LogP contribution in [-0.2, 0) is 0 Å². The van der Waals surface area contributed by atoms with E-state index in [2.05, 4.69) is 146 Å². The highest BCUT2D eigenvalue weighted by Crippen LogP contribution is 2.46. The Morgan fingerprint density at radius 1 is 0.327 bits per heavy atom. The molecule has 52 heavy (non-hydrogen) atoms. The third-order valence-corrected chi connectivity index (χ3v) is 10.5. The number of pyridine rings is 1. The van der Waals surface area contributed by atoms with Crippen molar-refractivity contribution < 1.29 is 8.83 Å². The van der Waals surface area contributed by atoms with E-state index in [1.165, 1.54) is 10.9 Å². The quantitative estimate of drug-likeness (QED) is 0.176. The maximum Gasteiger partial charge on any atom is 0.136 e. The normalized spacial score (nSPS) is 11.8. The van der Waals surface area contributed by atoms with Crippen LogP contribution in [0.3, 0.4) is 0 Å². The number of nitrogens with zero attached hydrogens (tertiary/aromatic N) is 1. The summed E-state index contributed by atoms with van der Waals surface area (Å²) in [5, 5.41) is 7.90. The molecule has 3 heterocycles. The number of benzene rings is 8. The Morgan fingerprint density at radius 3 is 1.62 bits per heavy atom. The van der Waals surface area contributed by atoms with Gasteiger partial charge in [-0.25, -0.2) is 4.98 Å². The molecule has 0 saturated carbocycles. The summed E-state index contributed by atoms with van der Waals surface area (Å²) in [5.41, 5.74) is 13.5. The van der Waals surface area contributed by atoms with Crippen LogP contribution in [0.15, 0.2) is 185 Å². The van der Waals surface area contributed by atoms with Crippen LogP contribution in [0.2, 0.25) is 0 Å². The van der Waals surface area contributed by atoms with E-state index in [-0.39, 0.29) is 0 Å². The number of para-hydroxylation sites is 3. The minimum atomic E-state index is 0.859. The van der Waals surface area contributed by atoms with Crippen LogP contribution in [0.5, 0.6) is 0 Å². The molecule has 3 heteroatoms. The molecular formula is C49H29NO2. The van der Waals surface area contributed by atoms with Gasteiger partial charge in [0.25, 0.3) is 0 Å². The lowest BCUT2D eigenvalue weighted by Gasteiger charge is -2.16. The standard InChI is InChI=1S/C49H29NO2/c1-2-11-34(12-3-1)49-39-29-44-48(38-15-6-9-19-42(38)52-44)45(47(39)36-13-4-7-17-40(36)50-49)33-27-23-31(24-28-33)30-21-25-32(26-22-30)35-16-10-20-43-46(35)37-14-5-8-18-41(37)51-43/h1-29H. The van der Waals surface area contributed by atoms with E-state index in [0.29, 0.717) is 0 Å². The van der Waals surface area contributed by atoms with E-state index in [0.717, 1.165) is 99.2 Å². The van der Waals surface area contributed by atoms with Crippen molar-refractivity contribution in [3.63, 3.8) is 0 Å². The van der Waals surface area contributed by atoms with Crippen LogP contribution in [0.1, 0.15) is 0 Å². The molecule has 8 aromatic carbocycles. The lowest BCUT2D eigenvalue weighted by molar-refractivity contribution is 0.669. The predicted octanol–water partition coefficient (Wildman–Crippen LogP) is 13.9. The molecule has 0 N–H and O–H groups in total. The third kappa shape index (κ3) is 4.36. The van der Waals surface area contributed by atoms with Gasteiger partial charge in [-0.15, -0.1) is 0 Å². The summed E-state index contributed by atoms with van der Waals surface area (Å²) in [6, 6.07) is 61.9. The van der Waals surface area contributed by atoms with Crippen molar-refractivity contribution in [1.82, 2.24) is 4.98 Å². The molecule has 0 amide bonds. The van der Waals surface area contributed by atoms with E-state index >= 15 is 0 Å². The fraction of sp³-hybridized carbons (Fsp3) is 0. The summed E-state index contributed by atoms with van der Waals surface area (Å²) < 4.78 is 12.7. The van der Waals surface area contributed by atoms with Gasteiger partial charge in [-0.3, -0.25) is 0 Å². The molecule has 0 aliphatic rings. The molecule has 242 valence electrons. The van der Waals surface area contributed by atoms with Crippen molar-refractivity contribution in [2.24, 2.45) is 0 Å². The maximum absolute atomic E-state index is 6.58. The van der Waals surface area contributed by atoms with Gasteiger partial charge in [0, 0.05) is 48.8 Å². The average molecular weight is 664 g/mol. The molecule has 0 radical (unpaired) electrons. The SMILES string of the molecule is c1ccc(-c2nc3ccccc3c3c(-c4ccc(-c5ccc(-c6cccc7oc8ccccc8c67)cc5)cc4)c4c(cc23)oc2ccccc24)cc1. The van der Waals surface area contributed by atoms with Gasteiger partial charge in [-0.05, 0) is 58.1 Å². The second-order valence-corrected chi connectivity index (χ2v) is 13.4. The second kappa shape index (κ2) is 11.3. The zero-order chi connectivity index (χ0) is 34.2. The Bertz CT molecular complexity index is 3150. The van der Waals surface area contributed by atoms with Gasteiger partial charge < -0.3 is 8.83 Å². The highest BCUT2D eigenvalue weighted by molar-refractivity contribution is 6.27. The van der Waals surface area contributed by atoms with Crippen LogP contribution in [-0.4, -0.2) is 4.98 Å². The van der Waals surface area contributed by atoms with Crippen molar-refractivity contribution in [2.45, 2.75) is 0 Å². The van der Waals surface area contributed by atoms with Gasteiger partial charge in [-0.2, -0.15) is 0 Å². The van der Waals surface area contributed by atoms with Crippen LogP contribution in [0.25, 0.3) is 110 Å². The molecule has 0 atom stereocenters. The summed E-state index contributed by atoms with van der Waals surface area (Å²) in [4.78, 5) is 5.23. The zero-order valence-corrected chi connectivity index (χ0v) is 28.0. The first kappa shape index (κ1) is 28.8. The number of rotatable bonds is 4. The van der Waals surface area contributed by atoms with Crippen molar-refractivity contribution in [1.29, 1.82) is 0 Å². The summed E-state index contributed by atoms with van der Waals surface area (Å²) in [5.74, 6) is 0. The summed E-state index contributed by atoms with van der Waals surface area (Å²) in [6.07, 6.45) is 0. The Balaban J connectivity index is 1.09. The highest BCUT2D eigenvalue weighted by atomic mass is 16.3. The average Bonchev–Trinajstić information content (AvgIpc) is 3.79. The zero-order valence-electron chi connectivity index (χ0n) is 28.0. The number of hydrogen-bond acceptors (Lipinski definition) is 3. The fourth-order valence-corrected chi connectivity index (χ4v) is 8.11. The molecule has 11 aromatic rings. The molecule has 0 fully saturated rings. The van der Waals surface area contributed by atoms with Gasteiger partial charge in [-0.1, -0.05) is 146 Å². The Morgan fingerprint density at radius 2 is 0.885 bits per heavy atom. The number of furan rings is 2. The Kier molecular flexibility index (Phi) is 6.25. The van der Waals surface area contributed by atoms with Gasteiger partial charge in [0.05, 0.1) is 11.2 Å². The van der Waals surface area contributed by atoms with Crippen LogP contribution < -0.4 is 0 Å². The first-order valence-corrected chi connectivity index (χ1v) is 17.6. The monoisotopic (exact) mass is 663 g/mol. The molecule has 0 bridgehead atoms. The van der Waals surface area contributed by atoms with E-state index in [1.807, 2.05) is 30.3 Å². The molecule has 3 aromatic heterocycles. The van der Waals surface area contributed by atoms with Crippen molar-refractivity contribution >= 4 is 65.6 Å². The molecule has 11 rings (SSSR count). The summed E-state index contributed by atoms with van der Waals surface area (Å²) >= 11 is 0. The lowest BCUT2D eigenvalue weighted by Crippen LogP contribution is -1.93. The first-order valence-electron chi connectivity index (χ1n) is 17.6. The molecule has 3 nitrogen and oxygen atoms in total. The number of aromatic nitrogens is 1. The number of hydrogen-bond donors (Lipinski definition) is 0. The van der Waals surface area contributed by atoms with Crippen LogP contribution in [0, 0.1) is 0 Å². The summed E-state index contributed by atoms with van der Waals surface area (Å²) in [7, 11) is 0. The van der Waals surface area contributed by atoms with Crippen molar-refractivity contribution in [3.05, 3.63) is 176 Å². The smallest absolute Gasteiger partial charge is 0.136 e. The van der Waals surface area contributed by atoms with E-state index < -0.39 is 0 Å². The Hall–Kier alpha value is -6.97. The predicted molar refractivity (Wildman–Crippen MR) is 216 cm³/mol. The summed E-state index contributed by atoms with van der Waals surface area (Å²) in [6.45, 7) is 0. The van der Waals surface area contributed by atoms with Gasteiger partial charge in [0.2, 0.25) is 0 Å². The van der Waals surface area contributed by atoms with Crippen molar-refractivity contribution in [2.75, 3.05) is 0 Å². The van der Waals surface area contributed by atoms with E-state index in [9.17, 15) is 0 Å². The largest absolute Gasteiger partial charge is 0.456 e. The molecular weight excluding hydrogens is 635 g/mol. The van der Waals surface area contributed by atoms with E-state index in [4.69, 9.17) is 13.8 Å².